The number of amides is 2. The molecule has 1 aliphatic rings. The molecule has 2 aromatic carbocycles. The molecule has 0 bridgehead atoms. The van der Waals surface area contributed by atoms with E-state index in [9.17, 15) is 9.59 Å². The Morgan fingerprint density at radius 1 is 1.07 bits per heavy atom. The lowest BCUT2D eigenvalue weighted by atomic mass is 10.1. The molecule has 6 heteroatoms. The van der Waals surface area contributed by atoms with E-state index in [0.29, 0.717) is 11.4 Å². The molecule has 1 aliphatic heterocycles. The van der Waals surface area contributed by atoms with Gasteiger partial charge in [-0.1, -0.05) is 48.0 Å². The minimum absolute atomic E-state index is 0.156. The highest BCUT2D eigenvalue weighted by Crippen LogP contribution is 2.36. The van der Waals surface area contributed by atoms with Crippen LogP contribution in [0.25, 0.3) is 17.0 Å². The van der Waals surface area contributed by atoms with Crippen LogP contribution in [0.4, 0.5) is 4.79 Å². The van der Waals surface area contributed by atoms with E-state index in [2.05, 4.69) is 10.6 Å². The van der Waals surface area contributed by atoms with Gasteiger partial charge in [-0.05, 0) is 56.3 Å². The summed E-state index contributed by atoms with van der Waals surface area (Å²) in [5, 5.41) is 1.56. The first-order valence-corrected chi connectivity index (χ1v) is 10.7. The summed E-state index contributed by atoms with van der Waals surface area (Å²) in [5.41, 5.74) is 4.09. The molecule has 0 unspecified atom stereocenters. The van der Waals surface area contributed by atoms with Gasteiger partial charge in [0.15, 0.2) is 0 Å². The molecule has 0 aliphatic carbocycles. The molecule has 0 saturated carbocycles. The standard InChI is InChI=1S/C23H21ClN2O2S/c1-14(2)26-22(27)21(29-23(26)28)12-18-15(3)25(20-11-7-5-9-17(18)20)13-16-8-4-6-10-19(16)24/h4-12,14H,13H2,1-3H3/b21-12+. The molecule has 148 valence electrons. The Morgan fingerprint density at radius 3 is 2.45 bits per heavy atom. The molecule has 29 heavy (non-hydrogen) atoms. The number of imide groups is 1. The Morgan fingerprint density at radius 2 is 1.76 bits per heavy atom. The first-order valence-electron chi connectivity index (χ1n) is 9.46. The van der Waals surface area contributed by atoms with Crippen LogP contribution in [-0.4, -0.2) is 26.7 Å². The number of para-hydroxylation sites is 1. The molecule has 4 nitrogen and oxygen atoms in total. The summed E-state index contributed by atoms with van der Waals surface area (Å²) in [6.07, 6.45) is 1.86. The van der Waals surface area contributed by atoms with E-state index in [4.69, 9.17) is 11.6 Å². The summed E-state index contributed by atoms with van der Waals surface area (Å²) < 4.78 is 2.20. The van der Waals surface area contributed by atoms with Crippen molar-refractivity contribution in [3.05, 3.63) is 75.3 Å². The Kier molecular flexibility index (Phi) is 5.28. The molecule has 2 heterocycles. The fourth-order valence-electron chi connectivity index (χ4n) is 3.70. The number of carbonyl (C=O) groups excluding carboxylic acids is 2. The number of halogens is 1. The zero-order valence-electron chi connectivity index (χ0n) is 16.5. The van der Waals surface area contributed by atoms with Crippen LogP contribution in [0.15, 0.2) is 53.4 Å². The van der Waals surface area contributed by atoms with Crippen LogP contribution in [0.3, 0.4) is 0 Å². The van der Waals surface area contributed by atoms with Gasteiger partial charge in [-0.2, -0.15) is 0 Å². The maximum atomic E-state index is 12.7. The lowest BCUT2D eigenvalue weighted by molar-refractivity contribution is -0.123. The van der Waals surface area contributed by atoms with E-state index in [0.717, 1.165) is 44.5 Å². The van der Waals surface area contributed by atoms with Gasteiger partial charge in [0.1, 0.15) is 0 Å². The fourth-order valence-corrected chi connectivity index (χ4v) is 4.83. The van der Waals surface area contributed by atoms with E-state index in [-0.39, 0.29) is 17.2 Å². The van der Waals surface area contributed by atoms with Crippen LogP contribution in [0, 0.1) is 6.92 Å². The highest BCUT2D eigenvalue weighted by Gasteiger charge is 2.37. The van der Waals surface area contributed by atoms with E-state index in [1.807, 2.05) is 69.3 Å². The normalized spacial score (nSPS) is 16.0. The van der Waals surface area contributed by atoms with Crippen LogP contribution in [0.5, 0.6) is 0 Å². The number of aromatic nitrogens is 1. The molecular formula is C23H21ClN2O2S. The number of nitrogens with zero attached hydrogens (tertiary/aromatic N) is 2. The molecule has 4 rings (SSSR count). The molecule has 1 fully saturated rings. The number of hydrogen-bond acceptors (Lipinski definition) is 3. The number of carbonyl (C=O) groups is 2. The van der Waals surface area contributed by atoms with E-state index in [1.54, 1.807) is 0 Å². The predicted molar refractivity (Wildman–Crippen MR) is 120 cm³/mol. The van der Waals surface area contributed by atoms with Crippen molar-refractivity contribution in [2.45, 2.75) is 33.4 Å². The van der Waals surface area contributed by atoms with Crippen LogP contribution >= 0.6 is 23.4 Å². The van der Waals surface area contributed by atoms with Crippen LogP contribution < -0.4 is 0 Å². The monoisotopic (exact) mass is 424 g/mol. The SMILES string of the molecule is Cc1c(/C=C2/SC(=O)N(C(C)C)C2=O)c2ccccc2n1Cc1ccccc1Cl. The van der Waals surface area contributed by atoms with Crippen LogP contribution in [-0.2, 0) is 11.3 Å². The van der Waals surface area contributed by atoms with Gasteiger partial charge in [-0.15, -0.1) is 0 Å². The van der Waals surface area contributed by atoms with Gasteiger partial charge >= 0.3 is 0 Å². The number of hydrogen-bond donors (Lipinski definition) is 0. The van der Waals surface area contributed by atoms with Gasteiger partial charge in [-0.3, -0.25) is 14.5 Å². The van der Waals surface area contributed by atoms with Crippen molar-refractivity contribution in [3.8, 4) is 0 Å². The molecule has 0 radical (unpaired) electrons. The Hall–Kier alpha value is -2.50. The average molecular weight is 425 g/mol. The maximum absolute atomic E-state index is 12.7. The third kappa shape index (κ3) is 3.49. The van der Waals surface area contributed by atoms with Crippen molar-refractivity contribution in [2.75, 3.05) is 0 Å². The number of benzene rings is 2. The molecule has 1 aromatic heterocycles. The third-order valence-corrected chi connectivity index (χ3v) is 6.43. The molecule has 1 saturated heterocycles. The highest BCUT2D eigenvalue weighted by atomic mass is 35.5. The number of rotatable bonds is 4. The lowest BCUT2D eigenvalue weighted by Gasteiger charge is -2.16. The second-order valence-electron chi connectivity index (χ2n) is 7.34. The Balaban J connectivity index is 1.83. The molecule has 0 N–H and O–H groups in total. The van der Waals surface area contributed by atoms with Crippen molar-refractivity contribution in [1.82, 2.24) is 9.47 Å². The summed E-state index contributed by atoms with van der Waals surface area (Å²) >= 11 is 7.39. The van der Waals surface area contributed by atoms with Gasteiger partial charge < -0.3 is 4.57 Å². The minimum atomic E-state index is -0.225. The molecule has 0 spiro atoms. The molecule has 3 aromatic rings. The summed E-state index contributed by atoms with van der Waals surface area (Å²) in [5.74, 6) is -0.225. The number of thioether (sulfide) groups is 1. The first kappa shape index (κ1) is 19.8. The molecule has 0 atom stereocenters. The van der Waals surface area contributed by atoms with Crippen LogP contribution in [0.2, 0.25) is 5.02 Å². The zero-order chi connectivity index (χ0) is 20.7. The summed E-state index contributed by atoms with van der Waals surface area (Å²) in [4.78, 5) is 26.8. The van der Waals surface area contributed by atoms with Crippen molar-refractivity contribution in [3.63, 3.8) is 0 Å². The minimum Gasteiger partial charge on any atom is -0.340 e. The number of fused-ring (bicyclic) bond motifs is 1. The topological polar surface area (TPSA) is 42.3 Å². The predicted octanol–water partition coefficient (Wildman–Crippen LogP) is 6.10. The smallest absolute Gasteiger partial charge is 0.293 e. The van der Waals surface area contributed by atoms with Crippen molar-refractivity contribution in [1.29, 1.82) is 0 Å². The summed E-state index contributed by atoms with van der Waals surface area (Å²) in [6.45, 7) is 6.36. The van der Waals surface area contributed by atoms with Crippen LogP contribution in [0.1, 0.15) is 30.7 Å². The quantitative estimate of drug-likeness (QED) is 0.475. The van der Waals surface area contributed by atoms with Gasteiger partial charge in [0, 0.05) is 39.8 Å². The third-order valence-electron chi connectivity index (χ3n) is 5.18. The largest absolute Gasteiger partial charge is 0.340 e. The summed E-state index contributed by atoms with van der Waals surface area (Å²) in [7, 11) is 0. The van der Waals surface area contributed by atoms with E-state index >= 15 is 0 Å². The van der Waals surface area contributed by atoms with Crippen molar-refractivity contribution >= 4 is 51.5 Å². The van der Waals surface area contributed by atoms with Gasteiger partial charge in [-0.25, -0.2) is 0 Å². The van der Waals surface area contributed by atoms with E-state index < -0.39 is 0 Å². The van der Waals surface area contributed by atoms with Crippen molar-refractivity contribution in [2.24, 2.45) is 0 Å². The van der Waals surface area contributed by atoms with Gasteiger partial charge in [0.2, 0.25) is 0 Å². The Labute approximate surface area is 179 Å². The maximum Gasteiger partial charge on any atom is 0.293 e. The average Bonchev–Trinajstić information content (AvgIpc) is 3.12. The zero-order valence-corrected chi connectivity index (χ0v) is 18.1. The Bertz CT molecular complexity index is 1160. The fraction of sp³-hybridized carbons (Fsp3) is 0.217. The lowest BCUT2D eigenvalue weighted by Crippen LogP contribution is -2.34. The molecular weight excluding hydrogens is 404 g/mol. The second-order valence-corrected chi connectivity index (χ2v) is 8.74. The van der Waals surface area contributed by atoms with Gasteiger partial charge in [0.05, 0.1) is 4.91 Å². The van der Waals surface area contributed by atoms with Crippen molar-refractivity contribution < 1.29 is 9.59 Å². The first-order chi connectivity index (χ1) is 13.9. The second kappa shape index (κ2) is 7.73. The summed E-state index contributed by atoms with van der Waals surface area (Å²) in [6, 6.07) is 15.7. The highest BCUT2D eigenvalue weighted by molar-refractivity contribution is 8.18. The molecule has 2 amide bonds. The van der Waals surface area contributed by atoms with E-state index in [1.165, 1.54) is 4.90 Å². The van der Waals surface area contributed by atoms with Gasteiger partial charge in [0.25, 0.3) is 11.1 Å².